The van der Waals surface area contributed by atoms with Gasteiger partial charge in [0.15, 0.2) is 5.76 Å². The number of thiophene rings is 1. The Morgan fingerprint density at radius 2 is 2.06 bits per heavy atom. The van der Waals surface area contributed by atoms with Crippen LogP contribution in [0.4, 0.5) is 10.9 Å². The molecule has 1 aliphatic carbocycles. The van der Waals surface area contributed by atoms with Gasteiger partial charge in [0, 0.05) is 44.0 Å². The average molecular weight is 463 g/mol. The van der Waals surface area contributed by atoms with Gasteiger partial charge in [-0.25, -0.2) is 0 Å². The summed E-state index contributed by atoms with van der Waals surface area (Å²) in [5.74, 6) is 1.16. The van der Waals surface area contributed by atoms with Crippen molar-refractivity contribution in [1.82, 2.24) is 9.88 Å². The molecule has 3 aromatic heterocycles. The lowest BCUT2D eigenvalue weighted by Gasteiger charge is -2.34. The number of anilines is 2. The van der Waals surface area contributed by atoms with E-state index >= 15 is 0 Å². The number of rotatable bonds is 6. The molecule has 0 aromatic carbocycles. The maximum absolute atomic E-state index is 12.5. The van der Waals surface area contributed by atoms with Gasteiger partial charge in [0.1, 0.15) is 17.1 Å². The number of aromatic nitrogens is 1. The molecule has 2 aliphatic rings. The highest BCUT2D eigenvalue weighted by atomic mass is 32.1. The van der Waals surface area contributed by atoms with Gasteiger partial charge in [0.25, 0.3) is 5.89 Å². The molecule has 5 rings (SSSR count). The predicted octanol–water partition coefficient (Wildman–Crippen LogP) is 3.38. The molecule has 0 radical (unpaired) electrons. The summed E-state index contributed by atoms with van der Waals surface area (Å²) in [7, 11) is 0. The molecule has 0 atom stereocenters. The summed E-state index contributed by atoms with van der Waals surface area (Å²) < 4.78 is 11.1. The lowest BCUT2D eigenvalue weighted by molar-refractivity contribution is -0.116. The van der Waals surface area contributed by atoms with Crippen LogP contribution in [-0.4, -0.2) is 48.5 Å². The molecule has 1 aliphatic heterocycles. The Morgan fingerprint density at radius 1 is 1.21 bits per heavy atom. The molecule has 1 fully saturated rings. The minimum Gasteiger partial charge on any atom is -0.459 e. The SMILES string of the molecule is N#Cc1nc(-c2ccco2)oc1N1CCN(CCC(=O)Nc2sc3c(c2C#N)CCC3)CC1. The summed E-state index contributed by atoms with van der Waals surface area (Å²) in [5.41, 5.74) is 2.00. The Morgan fingerprint density at radius 3 is 2.79 bits per heavy atom. The molecule has 1 N–H and O–H groups in total. The number of nitrogens with one attached hydrogen (secondary N) is 1. The number of hydrogen-bond donors (Lipinski definition) is 1. The number of aryl methyl sites for hydroxylation is 1. The van der Waals surface area contributed by atoms with Crippen molar-refractivity contribution in [2.75, 3.05) is 42.9 Å². The molecule has 3 aromatic rings. The third kappa shape index (κ3) is 4.23. The Bertz CT molecular complexity index is 1240. The van der Waals surface area contributed by atoms with Crippen LogP contribution in [0.2, 0.25) is 0 Å². The summed E-state index contributed by atoms with van der Waals surface area (Å²) in [5, 5.41) is 22.6. The highest BCUT2D eigenvalue weighted by molar-refractivity contribution is 7.16. The van der Waals surface area contributed by atoms with Crippen molar-refractivity contribution in [1.29, 1.82) is 10.5 Å². The predicted molar refractivity (Wildman–Crippen MR) is 122 cm³/mol. The van der Waals surface area contributed by atoms with Gasteiger partial charge in [0.2, 0.25) is 17.5 Å². The van der Waals surface area contributed by atoms with E-state index in [0.717, 1.165) is 37.9 Å². The first-order chi connectivity index (χ1) is 16.2. The number of piperazine rings is 1. The largest absolute Gasteiger partial charge is 0.459 e. The number of amides is 1. The highest BCUT2D eigenvalue weighted by Crippen LogP contribution is 2.38. The van der Waals surface area contributed by atoms with E-state index in [1.54, 1.807) is 23.5 Å². The van der Waals surface area contributed by atoms with Crippen LogP contribution in [0.1, 0.15) is 34.5 Å². The Balaban J connectivity index is 1.14. The average Bonchev–Trinajstić information content (AvgIpc) is 3.61. The maximum atomic E-state index is 12.5. The quantitative estimate of drug-likeness (QED) is 0.592. The molecule has 0 spiro atoms. The highest BCUT2D eigenvalue weighted by Gasteiger charge is 2.26. The van der Waals surface area contributed by atoms with E-state index in [0.29, 0.717) is 54.2 Å². The molecule has 33 heavy (non-hydrogen) atoms. The molecular weight excluding hydrogens is 440 g/mol. The van der Waals surface area contributed by atoms with E-state index in [4.69, 9.17) is 8.83 Å². The minimum atomic E-state index is -0.0704. The molecule has 0 unspecified atom stereocenters. The van der Waals surface area contributed by atoms with Crippen LogP contribution in [0, 0.1) is 22.7 Å². The van der Waals surface area contributed by atoms with Crippen LogP contribution in [0.25, 0.3) is 11.7 Å². The first kappa shape index (κ1) is 21.3. The van der Waals surface area contributed by atoms with Crippen LogP contribution in [0.15, 0.2) is 27.2 Å². The number of nitrogens with zero attached hydrogens (tertiary/aromatic N) is 5. The van der Waals surface area contributed by atoms with E-state index in [2.05, 4.69) is 27.3 Å². The van der Waals surface area contributed by atoms with E-state index < -0.39 is 0 Å². The van der Waals surface area contributed by atoms with Crippen molar-refractivity contribution in [2.24, 2.45) is 0 Å². The molecule has 4 heterocycles. The second-order valence-electron chi connectivity index (χ2n) is 8.06. The number of furan rings is 1. The summed E-state index contributed by atoms with van der Waals surface area (Å²) in [6, 6.07) is 7.84. The summed E-state index contributed by atoms with van der Waals surface area (Å²) in [4.78, 5) is 22.2. The Kier molecular flexibility index (Phi) is 5.86. The van der Waals surface area contributed by atoms with Crippen molar-refractivity contribution < 1.29 is 13.6 Å². The number of carbonyl (C=O) groups excluding carboxylic acids is 1. The second kappa shape index (κ2) is 9.10. The fourth-order valence-electron chi connectivity index (χ4n) is 4.34. The van der Waals surface area contributed by atoms with Crippen molar-refractivity contribution in [3.63, 3.8) is 0 Å². The molecular formula is C23H22N6O3S. The van der Waals surface area contributed by atoms with Crippen LogP contribution in [0.3, 0.4) is 0 Å². The lowest BCUT2D eigenvalue weighted by Crippen LogP contribution is -2.47. The number of fused-ring (bicyclic) bond motifs is 1. The first-order valence-corrected chi connectivity index (χ1v) is 11.7. The topological polar surface area (TPSA) is 122 Å². The third-order valence-corrected chi connectivity index (χ3v) is 7.26. The smallest absolute Gasteiger partial charge is 0.266 e. The van der Waals surface area contributed by atoms with Crippen molar-refractivity contribution >= 4 is 28.1 Å². The molecule has 9 nitrogen and oxygen atoms in total. The molecule has 0 saturated carbocycles. The number of carbonyl (C=O) groups is 1. The van der Waals surface area contributed by atoms with Crippen LogP contribution < -0.4 is 10.2 Å². The zero-order valence-electron chi connectivity index (χ0n) is 18.0. The number of nitriles is 2. The van der Waals surface area contributed by atoms with Crippen LogP contribution in [0.5, 0.6) is 0 Å². The Labute approximate surface area is 194 Å². The van der Waals surface area contributed by atoms with E-state index in [1.165, 1.54) is 11.1 Å². The fraction of sp³-hybridized carbons (Fsp3) is 0.391. The molecule has 168 valence electrons. The van der Waals surface area contributed by atoms with Gasteiger partial charge in [-0.05, 0) is 37.0 Å². The Hall–Kier alpha value is -3.60. The summed E-state index contributed by atoms with van der Waals surface area (Å²) in [6.45, 7) is 3.45. The van der Waals surface area contributed by atoms with Crippen molar-refractivity contribution in [3.05, 3.63) is 40.1 Å². The van der Waals surface area contributed by atoms with Crippen molar-refractivity contribution in [2.45, 2.75) is 25.7 Å². The van der Waals surface area contributed by atoms with E-state index in [-0.39, 0.29) is 11.6 Å². The summed E-state index contributed by atoms with van der Waals surface area (Å²) >= 11 is 1.54. The van der Waals surface area contributed by atoms with Crippen molar-refractivity contribution in [3.8, 4) is 23.8 Å². The molecule has 10 heteroatoms. The number of oxazole rings is 1. The maximum Gasteiger partial charge on any atom is 0.266 e. The molecule has 1 amide bonds. The van der Waals surface area contributed by atoms with Crippen LogP contribution >= 0.6 is 11.3 Å². The van der Waals surface area contributed by atoms with E-state index in [1.807, 2.05) is 4.90 Å². The molecule has 0 bridgehead atoms. The van der Waals surface area contributed by atoms with Gasteiger partial charge in [-0.15, -0.1) is 11.3 Å². The van der Waals surface area contributed by atoms with Gasteiger partial charge in [-0.3, -0.25) is 9.69 Å². The standard InChI is InChI=1S/C23H22N6O3S/c24-13-16-15-3-1-5-19(15)33-22(16)27-20(30)6-7-28-8-10-29(11-9-28)23-17(14-25)26-21(32-23)18-4-2-12-31-18/h2,4,12H,1,3,5-11H2,(H,27,30). The zero-order valence-corrected chi connectivity index (χ0v) is 18.8. The first-order valence-electron chi connectivity index (χ1n) is 10.9. The normalized spacial score (nSPS) is 15.8. The van der Waals surface area contributed by atoms with Gasteiger partial charge < -0.3 is 19.1 Å². The fourth-order valence-corrected chi connectivity index (χ4v) is 5.59. The second-order valence-corrected chi connectivity index (χ2v) is 9.17. The van der Waals surface area contributed by atoms with Gasteiger partial charge in [-0.2, -0.15) is 15.5 Å². The van der Waals surface area contributed by atoms with Crippen LogP contribution in [-0.2, 0) is 17.6 Å². The summed E-state index contributed by atoms with van der Waals surface area (Å²) in [6.07, 6.45) is 4.91. The zero-order chi connectivity index (χ0) is 22.8. The van der Waals surface area contributed by atoms with E-state index in [9.17, 15) is 15.3 Å². The van der Waals surface area contributed by atoms with Gasteiger partial charge in [-0.1, -0.05) is 0 Å². The van der Waals surface area contributed by atoms with Gasteiger partial charge >= 0.3 is 0 Å². The number of hydrogen-bond acceptors (Lipinski definition) is 9. The van der Waals surface area contributed by atoms with Gasteiger partial charge in [0.05, 0.1) is 11.8 Å². The third-order valence-electron chi connectivity index (χ3n) is 6.05. The minimum absolute atomic E-state index is 0.0704. The lowest BCUT2D eigenvalue weighted by atomic mass is 10.1. The molecule has 1 saturated heterocycles. The monoisotopic (exact) mass is 462 g/mol.